The number of rotatable bonds is 13. The van der Waals surface area contributed by atoms with Crippen molar-refractivity contribution in [3.05, 3.63) is 0 Å². The fourth-order valence-corrected chi connectivity index (χ4v) is 2.81. The molecule has 6 heteroatoms. The molecule has 1 N–H and O–H groups in total. The first-order chi connectivity index (χ1) is 9.91. The van der Waals surface area contributed by atoms with E-state index in [2.05, 4.69) is 6.92 Å². The smallest absolute Gasteiger partial charge is 0.306 e. The van der Waals surface area contributed by atoms with Crippen molar-refractivity contribution in [3.8, 4) is 0 Å². The predicted molar refractivity (Wildman–Crippen MR) is 83.6 cm³/mol. The molecule has 21 heavy (non-hydrogen) atoms. The van der Waals surface area contributed by atoms with E-state index in [0.717, 1.165) is 19.3 Å². The Morgan fingerprint density at radius 2 is 1.43 bits per heavy atom. The molecule has 0 fully saturated rings. The largest absolute Gasteiger partial charge is 0.443 e. The molecule has 0 aliphatic rings. The topological polar surface area (TPSA) is 80.7 Å². The van der Waals surface area contributed by atoms with E-state index < -0.39 is 21.5 Å². The summed E-state index contributed by atoms with van der Waals surface area (Å²) in [6, 6.07) is 0. The number of hydrogen-bond acceptors (Lipinski definition) is 4. The van der Waals surface area contributed by atoms with Gasteiger partial charge in [-0.25, -0.2) is 0 Å². The summed E-state index contributed by atoms with van der Waals surface area (Å²) in [5, 5.41) is 0. The minimum Gasteiger partial charge on any atom is -0.443 e. The van der Waals surface area contributed by atoms with E-state index in [1.807, 2.05) is 0 Å². The van der Waals surface area contributed by atoms with Gasteiger partial charge in [-0.2, -0.15) is 8.42 Å². The maximum absolute atomic E-state index is 11.1. The van der Waals surface area contributed by atoms with E-state index in [0.29, 0.717) is 6.42 Å². The van der Waals surface area contributed by atoms with Gasteiger partial charge in [0.25, 0.3) is 0 Å². The van der Waals surface area contributed by atoms with Crippen molar-refractivity contribution >= 4 is 16.1 Å². The van der Waals surface area contributed by atoms with Gasteiger partial charge in [0.1, 0.15) is 0 Å². The highest BCUT2D eigenvalue weighted by atomic mass is 32.2. The van der Waals surface area contributed by atoms with Crippen LogP contribution < -0.4 is 0 Å². The van der Waals surface area contributed by atoms with Crippen LogP contribution in [-0.4, -0.2) is 24.4 Å². The van der Waals surface area contributed by atoms with Crippen LogP contribution in [0.1, 0.15) is 84.5 Å². The molecule has 0 aromatic carbocycles. The fourth-order valence-electron chi connectivity index (χ4n) is 2.12. The normalized spacial score (nSPS) is 13.1. The van der Waals surface area contributed by atoms with Crippen molar-refractivity contribution in [2.24, 2.45) is 0 Å². The maximum atomic E-state index is 11.1. The van der Waals surface area contributed by atoms with Crippen LogP contribution in [0.25, 0.3) is 0 Å². The highest BCUT2D eigenvalue weighted by Crippen LogP contribution is 2.15. The Labute approximate surface area is 129 Å². The molecule has 0 aromatic heterocycles. The van der Waals surface area contributed by atoms with Crippen molar-refractivity contribution in [2.75, 3.05) is 0 Å². The molecule has 0 amide bonds. The first kappa shape index (κ1) is 20.4. The highest BCUT2D eigenvalue weighted by Gasteiger charge is 2.25. The van der Waals surface area contributed by atoms with Crippen LogP contribution in [0, 0.1) is 0 Å². The summed E-state index contributed by atoms with van der Waals surface area (Å²) in [5.41, 5.74) is -1.41. The molecule has 0 heterocycles. The van der Waals surface area contributed by atoms with Gasteiger partial charge >= 0.3 is 16.1 Å². The van der Waals surface area contributed by atoms with Gasteiger partial charge in [0.2, 0.25) is 5.44 Å². The Hall–Kier alpha value is -0.620. The number of ether oxygens (including phenoxy) is 1. The van der Waals surface area contributed by atoms with E-state index in [1.165, 1.54) is 32.1 Å². The van der Waals surface area contributed by atoms with Gasteiger partial charge in [-0.05, 0) is 6.42 Å². The standard InChI is InChI=1S/C15H30O5S/c1-3-5-6-7-8-9-10-11-12-13-15(21(17,18)19)20-14(16)4-2/h15H,3-13H2,1-2H3,(H,17,18,19). The molecule has 0 rings (SSSR count). The summed E-state index contributed by atoms with van der Waals surface area (Å²) < 4.78 is 36.1. The fraction of sp³-hybridized carbons (Fsp3) is 0.933. The predicted octanol–water partition coefficient (Wildman–Crippen LogP) is 4.07. The van der Waals surface area contributed by atoms with Crippen LogP contribution in [-0.2, 0) is 19.6 Å². The Morgan fingerprint density at radius 3 is 1.86 bits per heavy atom. The molecule has 0 aliphatic heterocycles. The van der Waals surface area contributed by atoms with Crippen LogP contribution in [0.5, 0.6) is 0 Å². The quantitative estimate of drug-likeness (QED) is 0.314. The molecule has 0 saturated heterocycles. The first-order valence-electron chi connectivity index (χ1n) is 8.07. The van der Waals surface area contributed by atoms with Crippen molar-refractivity contribution in [1.29, 1.82) is 0 Å². The Morgan fingerprint density at radius 1 is 0.952 bits per heavy atom. The zero-order chi connectivity index (χ0) is 16.1. The highest BCUT2D eigenvalue weighted by molar-refractivity contribution is 7.86. The average Bonchev–Trinajstić information content (AvgIpc) is 2.42. The van der Waals surface area contributed by atoms with Crippen molar-refractivity contribution in [1.82, 2.24) is 0 Å². The maximum Gasteiger partial charge on any atom is 0.306 e. The summed E-state index contributed by atoms with van der Waals surface area (Å²) in [7, 11) is -4.32. The molecule has 0 bridgehead atoms. The molecule has 0 aliphatic carbocycles. The van der Waals surface area contributed by atoms with E-state index in [4.69, 9.17) is 9.29 Å². The first-order valence-corrected chi connectivity index (χ1v) is 9.57. The molecular formula is C15H30O5S. The van der Waals surface area contributed by atoms with Gasteiger partial charge < -0.3 is 4.74 Å². The van der Waals surface area contributed by atoms with Crippen molar-refractivity contribution in [2.45, 2.75) is 89.9 Å². The molecule has 0 spiro atoms. The molecule has 0 radical (unpaired) electrons. The lowest BCUT2D eigenvalue weighted by atomic mass is 10.1. The van der Waals surface area contributed by atoms with Crippen LogP contribution in [0.15, 0.2) is 0 Å². The Balaban J connectivity index is 3.77. The second kappa shape index (κ2) is 12.0. The molecule has 0 aromatic rings. The number of hydrogen-bond donors (Lipinski definition) is 1. The van der Waals surface area contributed by atoms with Gasteiger partial charge in [0, 0.05) is 12.8 Å². The SMILES string of the molecule is CCCCCCCCCCCC(OC(=O)CC)S(=O)(=O)O. The summed E-state index contributed by atoms with van der Waals surface area (Å²) in [6.45, 7) is 3.78. The number of carbonyl (C=O) groups is 1. The third kappa shape index (κ3) is 11.7. The van der Waals surface area contributed by atoms with Gasteiger partial charge in [-0.1, -0.05) is 65.2 Å². The van der Waals surface area contributed by atoms with E-state index in [9.17, 15) is 13.2 Å². The summed E-state index contributed by atoms with van der Waals surface area (Å²) >= 11 is 0. The van der Waals surface area contributed by atoms with Crippen molar-refractivity contribution < 1.29 is 22.5 Å². The third-order valence-electron chi connectivity index (χ3n) is 3.43. The van der Waals surface area contributed by atoms with Crippen LogP contribution in [0.3, 0.4) is 0 Å². The molecule has 1 atom stereocenters. The molecular weight excluding hydrogens is 292 g/mol. The molecule has 0 saturated carbocycles. The number of carbonyl (C=O) groups excluding carboxylic acids is 1. The Bertz CT molecular complexity index is 364. The summed E-state index contributed by atoms with van der Waals surface area (Å²) in [4.78, 5) is 11.1. The lowest BCUT2D eigenvalue weighted by molar-refractivity contribution is -0.145. The van der Waals surface area contributed by atoms with Crippen molar-refractivity contribution in [3.63, 3.8) is 0 Å². The van der Waals surface area contributed by atoms with E-state index in [-0.39, 0.29) is 12.8 Å². The third-order valence-corrected chi connectivity index (χ3v) is 4.42. The summed E-state index contributed by atoms with van der Waals surface area (Å²) in [6.07, 6.45) is 10.3. The van der Waals surface area contributed by atoms with Crippen LogP contribution in [0.2, 0.25) is 0 Å². The van der Waals surface area contributed by atoms with Gasteiger partial charge in [-0.3, -0.25) is 9.35 Å². The second-order valence-corrected chi connectivity index (χ2v) is 6.96. The number of esters is 1. The van der Waals surface area contributed by atoms with Crippen LogP contribution >= 0.6 is 0 Å². The minimum atomic E-state index is -4.32. The van der Waals surface area contributed by atoms with Gasteiger partial charge in [-0.15, -0.1) is 0 Å². The van der Waals surface area contributed by atoms with Gasteiger partial charge in [0.15, 0.2) is 0 Å². The monoisotopic (exact) mass is 322 g/mol. The second-order valence-electron chi connectivity index (χ2n) is 5.41. The zero-order valence-corrected chi connectivity index (χ0v) is 14.2. The zero-order valence-electron chi connectivity index (χ0n) is 13.3. The van der Waals surface area contributed by atoms with Crippen LogP contribution in [0.4, 0.5) is 0 Å². The molecule has 5 nitrogen and oxygen atoms in total. The molecule has 126 valence electrons. The lowest BCUT2D eigenvalue weighted by Crippen LogP contribution is -2.26. The average molecular weight is 322 g/mol. The lowest BCUT2D eigenvalue weighted by Gasteiger charge is -2.14. The molecule has 1 unspecified atom stereocenters. The number of unbranched alkanes of at least 4 members (excludes halogenated alkanes) is 8. The van der Waals surface area contributed by atoms with Gasteiger partial charge in [0.05, 0.1) is 0 Å². The minimum absolute atomic E-state index is 0.101. The Kier molecular flexibility index (Phi) is 11.6. The van der Waals surface area contributed by atoms with E-state index in [1.54, 1.807) is 6.92 Å². The van der Waals surface area contributed by atoms with E-state index >= 15 is 0 Å². The summed E-state index contributed by atoms with van der Waals surface area (Å²) in [5.74, 6) is -0.603.